The molecule has 0 spiro atoms. The number of rotatable bonds is 3. The van der Waals surface area contributed by atoms with Gasteiger partial charge in [-0.25, -0.2) is 0 Å². The second kappa shape index (κ2) is 4.35. The van der Waals surface area contributed by atoms with Crippen LogP contribution in [0.15, 0.2) is 30.3 Å². The summed E-state index contributed by atoms with van der Waals surface area (Å²) in [6.07, 6.45) is 1.08. The first-order valence-corrected chi connectivity index (χ1v) is 5.27. The highest BCUT2D eigenvalue weighted by atomic mass is 16.4. The summed E-state index contributed by atoms with van der Waals surface area (Å²) >= 11 is 0. The van der Waals surface area contributed by atoms with E-state index in [-0.39, 0.29) is 18.4 Å². The molecule has 1 saturated heterocycles. The molecule has 2 rings (SSSR count). The van der Waals surface area contributed by atoms with Gasteiger partial charge in [-0.1, -0.05) is 18.2 Å². The van der Waals surface area contributed by atoms with E-state index in [0.717, 1.165) is 5.69 Å². The number of carboxylic acids is 1. The Kier molecular flexibility index (Phi) is 2.90. The van der Waals surface area contributed by atoms with Crippen LogP contribution in [0.1, 0.15) is 19.3 Å². The van der Waals surface area contributed by atoms with Crippen molar-refractivity contribution in [2.75, 3.05) is 4.90 Å². The molecule has 0 saturated carbocycles. The lowest BCUT2D eigenvalue weighted by Gasteiger charge is -2.23. The maximum Gasteiger partial charge on any atom is 0.305 e. The minimum atomic E-state index is -0.861. The zero-order chi connectivity index (χ0) is 11.5. The van der Waals surface area contributed by atoms with Crippen molar-refractivity contribution in [2.45, 2.75) is 25.3 Å². The minimum absolute atomic E-state index is 0.0115. The van der Waals surface area contributed by atoms with Crippen LogP contribution in [0.3, 0.4) is 0 Å². The van der Waals surface area contributed by atoms with Crippen molar-refractivity contribution in [3.8, 4) is 0 Å². The van der Waals surface area contributed by atoms with E-state index in [0.29, 0.717) is 12.8 Å². The number of amides is 1. The van der Waals surface area contributed by atoms with Gasteiger partial charge in [-0.3, -0.25) is 9.59 Å². The van der Waals surface area contributed by atoms with Gasteiger partial charge in [0.25, 0.3) is 0 Å². The molecule has 1 atom stereocenters. The molecule has 1 amide bonds. The van der Waals surface area contributed by atoms with Gasteiger partial charge in [-0.15, -0.1) is 0 Å². The first kappa shape index (κ1) is 10.7. The predicted octanol–water partition coefficient (Wildman–Crippen LogP) is 1.66. The average Bonchev–Trinajstić information content (AvgIpc) is 2.60. The number of carboxylic acid groups (broad SMARTS) is 1. The fourth-order valence-corrected chi connectivity index (χ4v) is 2.08. The van der Waals surface area contributed by atoms with E-state index in [1.807, 2.05) is 30.3 Å². The van der Waals surface area contributed by atoms with Gasteiger partial charge in [-0.2, -0.15) is 0 Å². The lowest BCUT2D eigenvalue weighted by molar-refractivity contribution is -0.137. The topological polar surface area (TPSA) is 57.6 Å². The quantitative estimate of drug-likeness (QED) is 0.841. The largest absolute Gasteiger partial charge is 0.481 e. The van der Waals surface area contributed by atoms with Crippen molar-refractivity contribution in [2.24, 2.45) is 0 Å². The molecule has 0 aromatic heterocycles. The smallest absolute Gasteiger partial charge is 0.305 e. The van der Waals surface area contributed by atoms with Crippen LogP contribution in [0, 0.1) is 0 Å². The van der Waals surface area contributed by atoms with Crippen LogP contribution < -0.4 is 4.90 Å². The zero-order valence-corrected chi connectivity index (χ0v) is 8.80. The third kappa shape index (κ3) is 2.05. The third-order valence-electron chi connectivity index (χ3n) is 2.77. The molecule has 16 heavy (non-hydrogen) atoms. The molecule has 4 heteroatoms. The standard InChI is InChI=1S/C12H13NO3/c14-11-7-6-10(8-12(15)16)13(11)9-4-2-1-3-5-9/h1-5,10H,6-8H2,(H,15,16)/t10-/m0/s1. The van der Waals surface area contributed by atoms with E-state index in [4.69, 9.17) is 5.11 Å². The van der Waals surface area contributed by atoms with E-state index in [9.17, 15) is 9.59 Å². The van der Waals surface area contributed by atoms with Gasteiger partial charge in [-0.05, 0) is 18.6 Å². The molecule has 4 nitrogen and oxygen atoms in total. The molecule has 1 aromatic carbocycles. The van der Waals surface area contributed by atoms with Crippen LogP contribution in [0.2, 0.25) is 0 Å². The van der Waals surface area contributed by atoms with Gasteiger partial charge in [0.2, 0.25) is 5.91 Å². The van der Waals surface area contributed by atoms with E-state index >= 15 is 0 Å². The van der Waals surface area contributed by atoms with Crippen molar-refractivity contribution >= 4 is 17.6 Å². The average molecular weight is 219 g/mol. The third-order valence-corrected chi connectivity index (χ3v) is 2.77. The highest BCUT2D eigenvalue weighted by Crippen LogP contribution is 2.27. The summed E-state index contributed by atoms with van der Waals surface area (Å²) in [7, 11) is 0. The summed E-state index contributed by atoms with van der Waals surface area (Å²) in [5.74, 6) is -0.849. The number of benzene rings is 1. The second-order valence-electron chi connectivity index (χ2n) is 3.89. The highest BCUT2D eigenvalue weighted by molar-refractivity contribution is 5.96. The fraction of sp³-hybridized carbons (Fsp3) is 0.333. The summed E-state index contributed by atoms with van der Waals surface area (Å²) in [4.78, 5) is 24.0. The Labute approximate surface area is 93.5 Å². The molecule has 0 unspecified atom stereocenters. The second-order valence-corrected chi connectivity index (χ2v) is 3.89. The van der Waals surface area contributed by atoms with Gasteiger partial charge in [0.15, 0.2) is 0 Å². The van der Waals surface area contributed by atoms with Gasteiger partial charge in [0.05, 0.1) is 6.42 Å². The Balaban J connectivity index is 2.23. The van der Waals surface area contributed by atoms with Crippen LogP contribution >= 0.6 is 0 Å². The normalized spacial score (nSPS) is 20.1. The van der Waals surface area contributed by atoms with Crippen LogP contribution in [-0.4, -0.2) is 23.0 Å². The zero-order valence-electron chi connectivity index (χ0n) is 8.80. The van der Waals surface area contributed by atoms with Crippen molar-refractivity contribution in [1.82, 2.24) is 0 Å². The minimum Gasteiger partial charge on any atom is -0.481 e. The monoisotopic (exact) mass is 219 g/mol. The maximum atomic E-state index is 11.7. The van der Waals surface area contributed by atoms with Crippen molar-refractivity contribution in [1.29, 1.82) is 0 Å². The molecular weight excluding hydrogens is 206 g/mol. The Morgan fingerprint density at radius 1 is 1.38 bits per heavy atom. The number of nitrogens with zero attached hydrogens (tertiary/aromatic N) is 1. The van der Waals surface area contributed by atoms with Gasteiger partial charge in [0, 0.05) is 18.2 Å². The highest BCUT2D eigenvalue weighted by Gasteiger charge is 2.33. The van der Waals surface area contributed by atoms with E-state index in [1.165, 1.54) is 0 Å². The molecule has 1 aromatic rings. The Morgan fingerprint density at radius 3 is 2.69 bits per heavy atom. The van der Waals surface area contributed by atoms with Crippen molar-refractivity contribution in [3.05, 3.63) is 30.3 Å². The number of aliphatic carboxylic acids is 1. The molecule has 84 valence electrons. The molecule has 0 bridgehead atoms. The predicted molar refractivity (Wildman–Crippen MR) is 59.2 cm³/mol. The number of carbonyl (C=O) groups is 2. The molecule has 1 fully saturated rings. The van der Waals surface area contributed by atoms with Gasteiger partial charge in [0.1, 0.15) is 0 Å². The number of para-hydroxylation sites is 1. The number of carbonyl (C=O) groups excluding carboxylic acids is 1. The molecule has 1 heterocycles. The fourth-order valence-electron chi connectivity index (χ4n) is 2.08. The SMILES string of the molecule is O=C(O)C[C@@H]1CCC(=O)N1c1ccccc1. The Morgan fingerprint density at radius 2 is 2.06 bits per heavy atom. The molecule has 1 N–H and O–H groups in total. The lowest BCUT2D eigenvalue weighted by atomic mass is 10.1. The van der Waals surface area contributed by atoms with E-state index < -0.39 is 5.97 Å². The Bertz CT molecular complexity index is 402. The maximum absolute atomic E-state index is 11.7. The van der Waals surface area contributed by atoms with Crippen LogP contribution in [0.5, 0.6) is 0 Å². The molecule has 1 aliphatic rings. The lowest BCUT2D eigenvalue weighted by Crippen LogP contribution is -2.34. The summed E-state index contributed by atoms with van der Waals surface area (Å²) in [6, 6.07) is 9.02. The number of hydrogen-bond donors (Lipinski definition) is 1. The van der Waals surface area contributed by atoms with Crippen LogP contribution in [0.4, 0.5) is 5.69 Å². The summed E-state index contributed by atoms with van der Waals surface area (Å²) < 4.78 is 0. The number of anilines is 1. The summed E-state index contributed by atoms with van der Waals surface area (Å²) in [5.41, 5.74) is 0.788. The first-order valence-electron chi connectivity index (χ1n) is 5.27. The number of hydrogen-bond acceptors (Lipinski definition) is 2. The van der Waals surface area contributed by atoms with E-state index in [2.05, 4.69) is 0 Å². The van der Waals surface area contributed by atoms with E-state index in [1.54, 1.807) is 4.90 Å². The molecule has 1 aliphatic heterocycles. The van der Waals surface area contributed by atoms with Gasteiger partial charge >= 0.3 is 5.97 Å². The van der Waals surface area contributed by atoms with Crippen LogP contribution in [0.25, 0.3) is 0 Å². The van der Waals surface area contributed by atoms with Crippen molar-refractivity contribution < 1.29 is 14.7 Å². The summed E-state index contributed by atoms with van der Waals surface area (Å²) in [5, 5.41) is 8.79. The Hall–Kier alpha value is -1.84. The van der Waals surface area contributed by atoms with Crippen LogP contribution in [-0.2, 0) is 9.59 Å². The first-order chi connectivity index (χ1) is 7.68. The summed E-state index contributed by atoms with van der Waals surface area (Å²) in [6.45, 7) is 0. The molecule has 0 radical (unpaired) electrons. The van der Waals surface area contributed by atoms with Gasteiger partial charge < -0.3 is 10.0 Å². The molecular formula is C12H13NO3. The van der Waals surface area contributed by atoms with Crippen molar-refractivity contribution in [3.63, 3.8) is 0 Å². The molecule has 0 aliphatic carbocycles.